The first-order chi connectivity index (χ1) is 16.4. The summed E-state index contributed by atoms with van der Waals surface area (Å²) in [4.78, 5) is 36.3. The zero-order valence-corrected chi connectivity index (χ0v) is 19.0. The van der Waals surface area contributed by atoms with Crippen molar-refractivity contribution >= 4 is 35.6 Å². The fourth-order valence-electron chi connectivity index (χ4n) is 2.76. The van der Waals surface area contributed by atoms with Crippen LogP contribution >= 0.6 is 11.6 Å². The molecule has 0 unspecified atom stereocenters. The third-order valence-corrected chi connectivity index (χ3v) is 4.64. The molecule has 0 aliphatic heterocycles. The number of benzene rings is 3. The van der Waals surface area contributed by atoms with Crippen molar-refractivity contribution in [3.05, 3.63) is 94.5 Å². The molecule has 0 aromatic heterocycles. The molecule has 3 aromatic carbocycles. The van der Waals surface area contributed by atoms with Crippen molar-refractivity contribution in [2.45, 2.75) is 6.92 Å². The Morgan fingerprint density at radius 2 is 1.65 bits per heavy atom. The van der Waals surface area contributed by atoms with E-state index in [0.717, 1.165) is 0 Å². The summed E-state index contributed by atoms with van der Waals surface area (Å²) in [5.41, 5.74) is 3.70. The molecule has 9 heteroatoms. The topological polar surface area (TPSA) is 106 Å². The summed E-state index contributed by atoms with van der Waals surface area (Å²) in [6.07, 6.45) is 1.39. The van der Waals surface area contributed by atoms with E-state index in [-0.39, 0.29) is 6.54 Å². The molecule has 0 radical (unpaired) electrons. The van der Waals surface area contributed by atoms with Crippen LogP contribution in [0.15, 0.2) is 77.9 Å². The summed E-state index contributed by atoms with van der Waals surface area (Å²) in [6.45, 7) is 2.16. The van der Waals surface area contributed by atoms with Gasteiger partial charge in [0.05, 0.1) is 24.9 Å². The van der Waals surface area contributed by atoms with Gasteiger partial charge in [-0.25, -0.2) is 10.2 Å². The number of hydrogen-bond acceptors (Lipinski definition) is 6. The van der Waals surface area contributed by atoms with Crippen molar-refractivity contribution in [3.63, 3.8) is 0 Å². The van der Waals surface area contributed by atoms with Crippen LogP contribution < -0.4 is 20.2 Å². The second-order valence-electron chi connectivity index (χ2n) is 6.90. The van der Waals surface area contributed by atoms with Gasteiger partial charge in [0, 0.05) is 10.6 Å². The van der Waals surface area contributed by atoms with E-state index < -0.39 is 17.8 Å². The zero-order valence-electron chi connectivity index (χ0n) is 18.3. The van der Waals surface area contributed by atoms with Crippen LogP contribution in [0.2, 0.25) is 5.02 Å². The van der Waals surface area contributed by atoms with Crippen LogP contribution in [-0.4, -0.2) is 37.1 Å². The van der Waals surface area contributed by atoms with Crippen LogP contribution in [0.3, 0.4) is 0 Å². The number of nitrogens with one attached hydrogen (secondary N) is 2. The molecule has 0 heterocycles. The number of esters is 1. The second kappa shape index (κ2) is 12.2. The number of carbonyl (C=O) groups excluding carboxylic acids is 3. The van der Waals surface area contributed by atoms with Crippen LogP contribution in [0.1, 0.15) is 33.2 Å². The molecule has 3 aromatic rings. The van der Waals surface area contributed by atoms with E-state index >= 15 is 0 Å². The monoisotopic (exact) mass is 479 g/mol. The lowest BCUT2D eigenvalue weighted by Crippen LogP contribution is -2.34. The molecule has 34 heavy (non-hydrogen) atoms. The van der Waals surface area contributed by atoms with Gasteiger partial charge in [-0.15, -0.1) is 0 Å². The Kier molecular flexibility index (Phi) is 8.76. The average molecular weight is 480 g/mol. The van der Waals surface area contributed by atoms with Crippen molar-refractivity contribution in [3.8, 4) is 11.5 Å². The highest BCUT2D eigenvalue weighted by Gasteiger charge is 2.09. The van der Waals surface area contributed by atoms with Gasteiger partial charge in [-0.1, -0.05) is 23.7 Å². The first-order valence-electron chi connectivity index (χ1n) is 10.4. The minimum Gasteiger partial charge on any atom is -0.494 e. The van der Waals surface area contributed by atoms with Gasteiger partial charge < -0.3 is 14.8 Å². The Morgan fingerprint density at radius 1 is 0.941 bits per heavy atom. The van der Waals surface area contributed by atoms with E-state index in [4.69, 9.17) is 21.1 Å². The molecule has 0 bridgehead atoms. The fraction of sp³-hybridized carbons (Fsp3) is 0.120. The van der Waals surface area contributed by atoms with E-state index in [1.807, 2.05) is 6.92 Å². The van der Waals surface area contributed by atoms with E-state index in [9.17, 15) is 14.4 Å². The first-order valence-corrected chi connectivity index (χ1v) is 10.7. The lowest BCUT2D eigenvalue weighted by Gasteiger charge is -2.06. The Morgan fingerprint density at radius 3 is 2.35 bits per heavy atom. The molecule has 2 N–H and O–H groups in total. The molecule has 0 atom stereocenters. The number of hydrazone groups is 1. The van der Waals surface area contributed by atoms with Crippen LogP contribution in [0.4, 0.5) is 0 Å². The van der Waals surface area contributed by atoms with Gasteiger partial charge in [-0.3, -0.25) is 9.59 Å². The average Bonchev–Trinajstić information content (AvgIpc) is 2.84. The van der Waals surface area contributed by atoms with Gasteiger partial charge in [0.1, 0.15) is 11.5 Å². The maximum absolute atomic E-state index is 12.2. The highest BCUT2D eigenvalue weighted by Crippen LogP contribution is 2.16. The molecule has 0 aliphatic carbocycles. The molecular formula is C25H22ClN3O5. The second-order valence-corrected chi connectivity index (χ2v) is 7.34. The van der Waals surface area contributed by atoms with E-state index in [1.165, 1.54) is 6.21 Å². The molecule has 3 rings (SSSR count). The lowest BCUT2D eigenvalue weighted by atomic mass is 10.2. The largest absolute Gasteiger partial charge is 0.494 e. The molecule has 0 saturated carbocycles. The summed E-state index contributed by atoms with van der Waals surface area (Å²) < 4.78 is 10.7. The number of halogens is 1. The van der Waals surface area contributed by atoms with Gasteiger partial charge in [0.15, 0.2) is 0 Å². The molecule has 0 aliphatic rings. The number of ether oxygens (including phenoxy) is 2. The number of rotatable bonds is 9. The summed E-state index contributed by atoms with van der Waals surface area (Å²) >= 11 is 5.82. The van der Waals surface area contributed by atoms with Gasteiger partial charge in [-0.2, -0.15) is 5.10 Å². The number of hydrogen-bond donors (Lipinski definition) is 2. The SMILES string of the molecule is CCOc1ccc(C(=O)NCC(=O)N/N=C\c2cccc(OC(=O)c3ccc(Cl)cc3)c2)cc1. The van der Waals surface area contributed by atoms with Gasteiger partial charge >= 0.3 is 5.97 Å². The minimum atomic E-state index is -0.526. The van der Waals surface area contributed by atoms with Gasteiger partial charge in [0.25, 0.3) is 11.8 Å². The van der Waals surface area contributed by atoms with Crippen LogP contribution in [0.25, 0.3) is 0 Å². The van der Waals surface area contributed by atoms with E-state index in [0.29, 0.717) is 39.8 Å². The third kappa shape index (κ3) is 7.46. The predicted octanol–water partition coefficient (Wildman–Crippen LogP) is 3.84. The summed E-state index contributed by atoms with van der Waals surface area (Å²) in [5.74, 6) is -0.437. The van der Waals surface area contributed by atoms with E-state index in [2.05, 4.69) is 15.8 Å². The smallest absolute Gasteiger partial charge is 0.343 e. The zero-order chi connectivity index (χ0) is 24.3. The number of amides is 2. The van der Waals surface area contributed by atoms with Crippen molar-refractivity contribution in [2.75, 3.05) is 13.2 Å². The fourth-order valence-corrected chi connectivity index (χ4v) is 2.89. The Balaban J connectivity index is 1.47. The first kappa shape index (κ1) is 24.5. The molecule has 0 saturated heterocycles. The Labute approximate surface area is 201 Å². The van der Waals surface area contributed by atoms with E-state index in [1.54, 1.807) is 72.8 Å². The van der Waals surface area contributed by atoms with Crippen molar-refractivity contribution < 1.29 is 23.9 Å². The molecule has 174 valence electrons. The summed E-state index contributed by atoms with van der Waals surface area (Å²) in [7, 11) is 0. The molecule has 8 nitrogen and oxygen atoms in total. The highest BCUT2D eigenvalue weighted by molar-refractivity contribution is 6.30. The molecule has 2 amide bonds. The van der Waals surface area contributed by atoms with Crippen LogP contribution in [0, 0.1) is 0 Å². The lowest BCUT2D eigenvalue weighted by molar-refractivity contribution is -0.120. The maximum Gasteiger partial charge on any atom is 0.343 e. The number of carbonyl (C=O) groups is 3. The Hall–Kier alpha value is -4.17. The maximum atomic E-state index is 12.2. The standard InChI is InChI=1S/C25H22ClN3O5/c1-2-33-21-12-8-18(9-13-21)24(31)27-16-23(30)29-28-15-17-4-3-5-22(14-17)34-25(32)19-6-10-20(26)11-7-19/h3-15H,2,16H2,1H3,(H,27,31)(H,29,30)/b28-15-. The quantitative estimate of drug-likeness (QED) is 0.210. The van der Waals surface area contributed by atoms with Crippen LogP contribution in [-0.2, 0) is 4.79 Å². The Bertz CT molecular complexity index is 1180. The highest BCUT2D eigenvalue weighted by atomic mass is 35.5. The van der Waals surface area contributed by atoms with Gasteiger partial charge in [-0.05, 0) is 73.2 Å². The summed E-state index contributed by atoms with van der Waals surface area (Å²) in [5, 5.41) is 6.90. The minimum absolute atomic E-state index is 0.248. The van der Waals surface area contributed by atoms with Crippen molar-refractivity contribution in [1.29, 1.82) is 0 Å². The summed E-state index contributed by atoms with van der Waals surface area (Å²) in [6, 6.07) is 19.6. The van der Waals surface area contributed by atoms with Crippen molar-refractivity contribution in [2.24, 2.45) is 5.10 Å². The number of nitrogens with zero attached hydrogens (tertiary/aromatic N) is 1. The normalized spacial score (nSPS) is 10.5. The molecular weight excluding hydrogens is 458 g/mol. The van der Waals surface area contributed by atoms with Gasteiger partial charge in [0.2, 0.25) is 0 Å². The molecule has 0 fully saturated rings. The van der Waals surface area contributed by atoms with Crippen LogP contribution in [0.5, 0.6) is 11.5 Å². The van der Waals surface area contributed by atoms with Crippen molar-refractivity contribution in [1.82, 2.24) is 10.7 Å². The molecule has 0 spiro atoms. The third-order valence-electron chi connectivity index (χ3n) is 4.39. The predicted molar refractivity (Wildman–Crippen MR) is 129 cm³/mol.